The van der Waals surface area contributed by atoms with Crippen LogP contribution in [0.15, 0.2) is 30.3 Å². The van der Waals surface area contributed by atoms with Gasteiger partial charge in [0.1, 0.15) is 5.25 Å². The number of hydrogen-bond donors (Lipinski definition) is 3. The van der Waals surface area contributed by atoms with Crippen molar-refractivity contribution in [1.82, 2.24) is 10.7 Å². The van der Waals surface area contributed by atoms with Gasteiger partial charge in [0.25, 0.3) is 5.91 Å². The number of amides is 2. The van der Waals surface area contributed by atoms with Crippen molar-refractivity contribution in [2.24, 2.45) is 5.84 Å². The Morgan fingerprint density at radius 3 is 2.56 bits per heavy atom. The fraction of sp³-hybridized carbons (Fsp3) is 0.333. The summed E-state index contributed by atoms with van der Waals surface area (Å²) in [6.07, 6.45) is 0. The summed E-state index contributed by atoms with van der Waals surface area (Å²) in [4.78, 5) is 23.1. The lowest BCUT2D eigenvalue weighted by Gasteiger charge is -2.14. The molecule has 0 saturated carbocycles. The first kappa shape index (κ1) is 14.5. The minimum Gasteiger partial charge on any atom is -0.356 e. The van der Waals surface area contributed by atoms with Gasteiger partial charge in [-0.05, 0) is 12.5 Å². The van der Waals surface area contributed by atoms with E-state index in [1.165, 1.54) is 11.8 Å². The number of thioether (sulfide) groups is 1. The van der Waals surface area contributed by atoms with Crippen LogP contribution in [0.1, 0.15) is 17.7 Å². The van der Waals surface area contributed by atoms with Gasteiger partial charge in [-0.25, -0.2) is 5.84 Å². The zero-order valence-electron chi connectivity index (χ0n) is 10.2. The highest BCUT2D eigenvalue weighted by Gasteiger charge is 2.21. The lowest BCUT2D eigenvalue weighted by Crippen LogP contribution is -2.34. The molecule has 18 heavy (non-hydrogen) atoms. The molecule has 0 aromatic heterocycles. The highest BCUT2D eigenvalue weighted by molar-refractivity contribution is 8.00. The Bertz CT molecular complexity index is 398. The molecule has 0 aliphatic carbocycles. The monoisotopic (exact) mass is 267 g/mol. The molecule has 1 rings (SSSR count). The largest absolute Gasteiger partial charge is 0.356 e. The van der Waals surface area contributed by atoms with Crippen molar-refractivity contribution in [3.63, 3.8) is 0 Å². The third kappa shape index (κ3) is 4.38. The molecule has 0 spiro atoms. The second-order valence-corrected chi connectivity index (χ2v) is 4.66. The van der Waals surface area contributed by atoms with Gasteiger partial charge in [-0.15, -0.1) is 11.8 Å². The van der Waals surface area contributed by atoms with E-state index in [0.717, 1.165) is 5.56 Å². The molecule has 1 aromatic carbocycles. The third-order valence-electron chi connectivity index (χ3n) is 2.24. The summed E-state index contributed by atoms with van der Waals surface area (Å²) in [6, 6.07) is 9.24. The molecule has 1 aromatic rings. The molecule has 0 saturated heterocycles. The summed E-state index contributed by atoms with van der Waals surface area (Å²) in [5.41, 5.74) is 2.96. The second kappa shape index (κ2) is 7.73. The van der Waals surface area contributed by atoms with Crippen LogP contribution in [0.5, 0.6) is 0 Å². The predicted molar refractivity (Wildman–Crippen MR) is 72.7 cm³/mol. The van der Waals surface area contributed by atoms with E-state index in [1.54, 1.807) is 0 Å². The van der Waals surface area contributed by atoms with Crippen LogP contribution in [-0.4, -0.2) is 24.1 Å². The predicted octanol–water partition coefficient (Wildman–Crippen LogP) is 0.587. The summed E-state index contributed by atoms with van der Waals surface area (Å²) in [5, 5.41) is 2.21. The summed E-state index contributed by atoms with van der Waals surface area (Å²) in [6.45, 7) is 2.43. The van der Waals surface area contributed by atoms with Crippen LogP contribution in [0.4, 0.5) is 0 Å². The molecular weight excluding hydrogens is 250 g/mol. The van der Waals surface area contributed by atoms with Crippen LogP contribution in [0.25, 0.3) is 0 Å². The standard InChI is InChI=1S/C12H17N3O2S/c1-2-14-10(16)8-18-11(12(17)15-13)9-6-4-3-5-7-9/h3-7,11H,2,8,13H2,1H3,(H,14,16)(H,15,17). The third-order valence-corrected chi connectivity index (χ3v) is 3.49. The summed E-state index contributed by atoms with van der Waals surface area (Å²) < 4.78 is 0. The van der Waals surface area contributed by atoms with E-state index in [2.05, 4.69) is 10.7 Å². The molecule has 1 unspecified atom stereocenters. The van der Waals surface area contributed by atoms with E-state index in [4.69, 9.17) is 5.84 Å². The Morgan fingerprint density at radius 1 is 1.33 bits per heavy atom. The zero-order valence-corrected chi connectivity index (χ0v) is 11.0. The molecule has 0 radical (unpaired) electrons. The van der Waals surface area contributed by atoms with E-state index in [9.17, 15) is 9.59 Å². The number of carbonyl (C=O) groups excluding carboxylic acids is 2. The fourth-order valence-electron chi connectivity index (χ4n) is 1.43. The summed E-state index contributed by atoms with van der Waals surface area (Å²) >= 11 is 1.25. The fourth-order valence-corrected chi connectivity index (χ4v) is 2.42. The minimum absolute atomic E-state index is 0.0896. The van der Waals surface area contributed by atoms with Crippen molar-refractivity contribution in [2.45, 2.75) is 12.2 Å². The van der Waals surface area contributed by atoms with Gasteiger partial charge in [0.2, 0.25) is 5.91 Å². The van der Waals surface area contributed by atoms with Crippen LogP contribution in [-0.2, 0) is 9.59 Å². The molecule has 4 N–H and O–H groups in total. The quantitative estimate of drug-likeness (QED) is 0.400. The van der Waals surface area contributed by atoms with Gasteiger partial charge in [-0.1, -0.05) is 30.3 Å². The van der Waals surface area contributed by atoms with E-state index < -0.39 is 5.25 Å². The molecule has 98 valence electrons. The van der Waals surface area contributed by atoms with Crippen molar-refractivity contribution in [2.75, 3.05) is 12.3 Å². The SMILES string of the molecule is CCNC(=O)CSC(C(=O)NN)c1ccccc1. The van der Waals surface area contributed by atoms with Crippen molar-refractivity contribution in [3.8, 4) is 0 Å². The first-order valence-electron chi connectivity index (χ1n) is 5.62. The van der Waals surface area contributed by atoms with Gasteiger partial charge in [0.15, 0.2) is 0 Å². The average Bonchev–Trinajstić information content (AvgIpc) is 2.40. The lowest BCUT2D eigenvalue weighted by molar-refractivity contribution is -0.120. The molecule has 2 amide bonds. The maximum absolute atomic E-state index is 11.7. The minimum atomic E-state index is -0.473. The summed E-state index contributed by atoms with van der Waals surface area (Å²) in [5.74, 6) is 4.99. The smallest absolute Gasteiger partial charge is 0.251 e. The molecule has 5 nitrogen and oxygen atoms in total. The van der Waals surface area contributed by atoms with Crippen molar-refractivity contribution in [1.29, 1.82) is 0 Å². The van der Waals surface area contributed by atoms with Gasteiger partial charge in [-0.3, -0.25) is 15.0 Å². The Hall–Kier alpha value is -1.53. The van der Waals surface area contributed by atoms with Gasteiger partial charge >= 0.3 is 0 Å². The van der Waals surface area contributed by atoms with Crippen molar-refractivity contribution < 1.29 is 9.59 Å². The first-order chi connectivity index (χ1) is 8.69. The van der Waals surface area contributed by atoms with Gasteiger partial charge in [0.05, 0.1) is 5.75 Å². The highest BCUT2D eigenvalue weighted by atomic mass is 32.2. The maximum atomic E-state index is 11.7. The van der Waals surface area contributed by atoms with Crippen molar-refractivity contribution in [3.05, 3.63) is 35.9 Å². The Kier molecular flexibility index (Phi) is 6.24. The average molecular weight is 267 g/mol. The Balaban J connectivity index is 2.69. The number of nitrogens with two attached hydrogens (primary N) is 1. The number of benzene rings is 1. The second-order valence-electron chi connectivity index (χ2n) is 3.56. The highest BCUT2D eigenvalue weighted by Crippen LogP contribution is 2.28. The molecule has 0 aliphatic heterocycles. The van der Waals surface area contributed by atoms with Crippen LogP contribution in [0, 0.1) is 0 Å². The molecular formula is C12H17N3O2S. The Morgan fingerprint density at radius 2 is 2.00 bits per heavy atom. The molecule has 0 bridgehead atoms. The normalized spacial score (nSPS) is 11.7. The topological polar surface area (TPSA) is 84.2 Å². The zero-order chi connectivity index (χ0) is 13.4. The van der Waals surface area contributed by atoms with Crippen molar-refractivity contribution >= 4 is 23.6 Å². The van der Waals surface area contributed by atoms with E-state index >= 15 is 0 Å². The molecule has 0 aliphatic rings. The first-order valence-corrected chi connectivity index (χ1v) is 6.67. The van der Waals surface area contributed by atoms with E-state index in [1.807, 2.05) is 37.3 Å². The molecule has 0 fully saturated rings. The van der Waals surface area contributed by atoms with Crippen LogP contribution in [0.2, 0.25) is 0 Å². The molecule has 1 atom stereocenters. The molecule has 0 heterocycles. The van der Waals surface area contributed by atoms with E-state index in [0.29, 0.717) is 6.54 Å². The van der Waals surface area contributed by atoms with Crippen LogP contribution in [0.3, 0.4) is 0 Å². The van der Waals surface area contributed by atoms with Gasteiger partial charge < -0.3 is 5.32 Å². The number of rotatable bonds is 6. The van der Waals surface area contributed by atoms with E-state index in [-0.39, 0.29) is 17.6 Å². The molecule has 6 heteroatoms. The van der Waals surface area contributed by atoms with Crippen LogP contribution < -0.4 is 16.6 Å². The number of nitrogens with one attached hydrogen (secondary N) is 2. The number of hydrazine groups is 1. The van der Waals surface area contributed by atoms with Crippen LogP contribution >= 0.6 is 11.8 Å². The Labute approximate surface area is 110 Å². The number of hydrogen-bond acceptors (Lipinski definition) is 4. The van der Waals surface area contributed by atoms with Gasteiger partial charge in [-0.2, -0.15) is 0 Å². The number of carbonyl (C=O) groups is 2. The summed E-state index contributed by atoms with van der Waals surface area (Å²) in [7, 11) is 0. The lowest BCUT2D eigenvalue weighted by atomic mass is 10.1. The maximum Gasteiger partial charge on any atom is 0.251 e. The van der Waals surface area contributed by atoms with Gasteiger partial charge in [0, 0.05) is 6.54 Å².